The second-order valence-electron chi connectivity index (χ2n) is 9.34. The Kier molecular flexibility index (Phi) is 8.46. The van der Waals surface area contributed by atoms with E-state index in [1.165, 1.54) is 0 Å². The summed E-state index contributed by atoms with van der Waals surface area (Å²) >= 11 is 0. The smallest absolute Gasteiger partial charge is 0.166 e. The predicted molar refractivity (Wildman–Crippen MR) is 137 cm³/mol. The van der Waals surface area contributed by atoms with Gasteiger partial charge in [-0.05, 0) is 66.5 Å². The lowest BCUT2D eigenvalue weighted by molar-refractivity contribution is 0.0319. The second-order valence-corrected chi connectivity index (χ2v) is 9.34. The van der Waals surface area contributed by atoms with E-state index in [0.717, 1.165) is 43.2 Å². The van der Waals surface area contributed by atoms with Gasteiger partial charge in [0.2, 0.25) is 0 Å². The van der Waals surface area contributed by atoms with Crippen LogP contribution in [0.2, 0.25) is 0 Å². The largest absolute Gasteiger partial charge is 0.374 e. The molecule has 3 aromatic carbocycles. The lowest BCUT2D eigenvalue weighted by Crippen LogP contribution is -2.23. The summed E-state index contributed by atoms with van der Waals surface area (Å²) in [5, 5.41) is 0. The minimum Gasteiger partial charge on any atom is -0.374 e. The van der Waals surface area contributed by atoms with Gasteiger partial charge in [0.25, 0.3) is 0 Å². The van der Waals surface area contributed by atoms with Crippen LogP contribution in [-0.2, 0) is 11.2 Å². The molecule has 0 radical (unpaired) electrons. The predicted octanol–water partition coefficient (Wildman–Crippen LogP) is 9.01. The van der Waals surface area contributed by atoms with E-state index in [1.807, 2.05) is 43.3 Å². The van der Waals surface area contributed by atoms with Crippen molar-refractivity contribution in [1.82, 2.24) is 0 Å². The molecule has 1 aliphatic rings. The van der Waals surface area contributed by atoms with Gasteiger partial charge in [-0.15, -0.1) is 0 Å². The number of hydrogen-bond donors (Lipinski definition) is 0. The van der Waals surface area contributed by atoms with Gasteiger partial charge in [-0.3, -0.25) is 0 Å². The Morgan fingerprint density at radius 3 is 2.26 bits per heavy atom. The van der Waals surface area contributed by atoms with Crippen molar-refractivity contribution in [3.63, 3.8) is 0 Å². The first kappa shape index (κ1) is 25.2. The first-order valence-electron chi connectivity index (χ1n) is 12.6. The van der Waals surface area contributed by atoms with Crippen molar-refractivity contribution in [2.45, 2.75) is 64.4 Å². The Bertz CT molecular complexity index is 1160. The quantitative estimate of drug-likeness (QED) is 0.232. The zero-order valence-corrected chi connectivity index (χ0v) is 20.5. The third-order valence-corrected chi connectivity index (χ3v) is 6.90. The van der Waals surface area contributed by atoms with Crippen LogP contribution in [0, 0.1) is 17.5 Å². The minimum absolute atomic E-state index is 0.0516. The van der Waals surface area contributed by atoms with E-state index in [0.29, 0.717) is 29.7 Å². The van der Waals surface area contributed by atoms with Gasteiger partial charge < -0.3 is 4.74 Å². The number of allylic oxidation sites excluding steroid dienone is 1. The molecule has 0 N–H and O–H groups in total. The maximum Gasteiger partial charge on any atom is 0.166 e. The van der Waals surface area contributed by atoms with Gasteiger partial charge in [-0.25, -0.2) is 13.2 Å². The van der Waals surface area contributed by atoms with Crippen LogP contribution >= 0.6 is 0 Å². The zero-order chi connectivity index (χ0) is 24.8. The summed E-state index contributed by atoms with van der Waals surface area (Å²) in [6, 6.07) is 15.8. The summed E-state index contributed by atoms with van der Waals surface area (Å²) < 4.78 is 50.2. The topological polar surface area (TPSA) is 9.23 Å². The van der Waals surface area contributed by atoms with Crippen molar-refractivity contribution >= 4 is 0 Å². The van der Waals surface area contributed by atoms with Crippen LogP contribution in [0.4, 0.5) is 13.2 Å². The molecule has 0 spiro atoms. The number of ether oxygens (including phenoxy) is 1. The molecule has 0 amide bonds. The summed E-state index contributed by atoms with van der Waals surface area (Å²) in [5.74, 6) is -1.76. The van der Waals surface area contributed by atoms with Crippen LogP contribution in [0.3, 0.4) is 0 Å². The number of unbranched alkanes of at least 4 members (excludes halogenated alkanes) is 2. The Labute approximate surface area is 206 Å². The molecule has 4 heteroatoms. The van der Waals surface area contributed by atoms with Crippen LogP contribution < -0.4 is 0 Å². The van der Waals surface area contributed by atoms with Gasteiger partial charge in [0, 0.05) is 11.5 Å². The summed E-state index contributed by atoms with van der Waals surface area (Å²) in [6.45, 7) is 4.57. The summed E-state index contributed by atoms with van der Waals surface area (Å²) in [6.07, 6.45) is 9.34. The number of hydrogen-bond acceptors (Lipinski definition) is 1. The normalized spacial score (nSPS) is 18.3. The molecular weight excluding hydrogens is 445 g/mol. The van der Waals surface area contributed by atoms with Crippen LogP contribution in [0.5, 0.6) is 0 Å². The fourth-order valence-corrected chi connectivity index (χ4v) is 4.83. The highest BCUT2D eigenvalue weighted by Gasteiger charge is 2.24. The molecule has 1 fully saturated rings. The molecule has 184 valence electrons. The van der Waals surface area contributed by atoms with Gasteiger partial charge in [-0.2, -0.15) is 0 Å². The molecular formula is C31H33F3O. The van der Waals surface area contributed by atoms with E-state index in [4.69, 9.17) is 4.74 Å². The van der Waals surface area contributed by atoms with E-state index in [2.05, 4.69) is 6.92 Å². The summed E-state index contributed by atoms with van der Waals surface area (Å²) in [7, 11) is 0. The Hall–Kier alpha value is -2.85. The van der Waals surface area contributed by atoms with E-state index in [1.54, 1.807) is 30.3 Å². The van der Waals surface area contributed by atoms with E-state index in [-0.39, 0.29) is 23.4 Å². The lowest BCUT2D eigenvalue weighted by Gasteiger charge is -2.28. The molecule has 2 atom stereocenters. The average Bonchev–Trinajstić information content (AvgIpc) is 2.88. The van der Waals surface area contributed by atoms with Crippen LogP contribution in [-0.4, -0.2) is 12.7 Å². The van der Waals surface area contributed by atoms with Crippen molar-refractivity contribution < 1.29 is 17.9 Å². The van der Waals surface area contributed by atoms with Crippen LogP contribution in [0.25, 0.3) is 22.3 Å². The fraction of sp³-hybridized carbons (Fsp3) is 0.355. The van der Waals surface area contributed by atoms with Gasteiger partial charge in [-0.1, -0.05) is 80.4 Å². The fourth-order valence-electron chi connectivity index (χ4n) is 4.83. The van der Waals surface area contributed by atoms with Crippen molar-refractivity contribution in [2.75, 3.05) is 6.61 Å². The highest BCUT2D eigenvalue weighted by molar-refractivity contribution is 5.71. The summed E-state index contributed by atoms with van der Waals surface area (Å²) in [4.78, 5) is 0. The first-order valence-corrected chi connectivity index (χ1v) is 12.6. The maximum atomic E-state index is 15.0. The zero-order valence-electron chi connectivity index (χ0n) is 20.5. The Morgan fingerprint density at radius 2 is 1.60 bits per heavy atom. The summed E-state index contributed by atoms with van der Waals surface area (Å²) in [5.41, 5.74) is 3.51. The van der Waals surface area contributed by atoms with Crippen molar-refractivity contribution in [2.24, 2.45) is 0 Å². The van der Waals surface area contributed by atoms with E-state index in [9.17, 15) is 13.2 Å². The molecule has 1 aliphatic heterocycles. The van der Waals surface area contributed by atoms with Crippen molar-refractivity contribution in [3.05, 3.63) is 95.3 Å². The number of rotatable bonds is 8. The average molecular weight is 479 g/mol. The molecule has 0 aromatic heterocycles. The maximum absolute atomic E-state index is 15.0. The Morgan fingerprint density at radius 1 is 0.857 bits per heavy atom. The highest BCUT2D eigenvalue weighted by atomic mass is 19.2. The number of benzene rings is 3. The lowest BCUT2D eigenvalue weighted by atomic mass is 9.89. The van der Waals surface area contributed by atoms with E-state index < -0.39 is 11.6 Å². The molecule has 1 saturated heterocycles. The SMILES string of the molecule is CC=CC1CCC(c2ccc(-c3ccc(-c4ccc(CCCCC)c(F)c4F)cc3)cc2F)CO1. The van der Waals surface area contributed by atoms with Gasteiger partial charge in [0.05, 0.1) is 12.7 Å². The van der Waals surface area contributed by atoms with Crippen LogP contribution in [0.15, 0.2) is 66.7 Å². The molecule has 1 nitrogen and oxygen atoms in total. The minimum atomic E-state index is -0.812. The third-order valence-electron chi connectivity index (χ3n) is 6.90. The number of halogens is 3. The van der Waals surface area contributed by atoms with Gasteiger partial charge in [0.1, 0.15) is 5.82 Å². The first-order chi connectivity index (χ1) is 17.0. The van der Waals surface area contributed by atoms with Gasteiger partial charge in [0.15, 0.2) is 11.6 Å². The van der Waals surface area contributed by atoms with Gasteiger partial charge >= 0.3 is 0 Å². The van der Waals surface area contributed by atoms with E-state index >= 15 is 0 Å². The Balaban J connectivity index is 1.48. The molecule has 3 aromatic rings. The van der Waals surface area contributed by atoms with Crippen molar-refractivity contribution in [1.29, 1.82) is 0 Å². The molecule has 0 bridgehead atoms. The molecule has 35 heavy (non-hydrogen) atoms. The van der Waals surface area contributed by atoms with Crippen molar-refractivity contribution in [3.8, 4) is 22.3 Å². The molecule has 0 saturated carbocycles. The molecule has 2 unspecified atom stereocenters. The molecule has 1 heterocycles. The third kappa shape index (κ3) is 5.87. The monoisotopic (exact) mass is 478 g/mol. The second kappa shape index (κ2) is 11.7. The molecule has 0 aliphatic carbocycles. The van der Waals surface area contributed by atoms with Crippen LogP contribution in [0.1, 0.15) is 63.0 Å². The highest BCUT2D eigenvalue weighted by Crippen LogP contribution is 2.34. The number of aryl methyl sites for hydroxylation is 1. The molecule has 4 rings (SSSR count). The standard InChI is InChI=1S/C31H33F3O/c1-3-5-6-8-23-14-18-28(31(34)30(23)33)22-11-9-21(10-12-22)24-15-17-27(29(32)19-24)25-13-16-26(7-4-2)35-20-25/h4,7,9-12,14-15,17-19,25-26H,3,5-6,8,13,16,20H2,1-2H3.